The third-order valence-electron chi connectivity index (χ3n) is 3.20. The first kappa shape index (κ1) is 12.9. The Balaban J connectivity index is 2.13. The van der Waals surface area contributed by atoms with Crippen molar-refractivity contribution >= 4 is 11.3 Å². The van der Waals surface area contributed by atoms with E-state index in [0.717, 1.165) is 28.2 Å². The predicted octanol–water partition coefficient (Wildman–Crippen LogP) is 4.75. The van der Waals surface area contributed by atoms with Gasteiger partial charge < -0.3 is 5.11 Å². The zero-order valence-electron chi connectivity index (χ0n) is 11.2. The number of phenols is 1. The van der Waals surface area contributed by atoms with E-state index in [9.17, 15) is 5.11 Å². The molecule has 1 aromatic heterocycles. The van der Waals surface area contributed by atoms with Crippen molar-refractivity contribution in [2.45, 2.75) is 13.3 Å². The Bertz CT molecular complexity index is 719. The lowest BCUT2D eigenvalue weighted by molar-refractivity contribution is 0.477. The van der Waals surface area contributed by atoms with E-state index < -0.39 is 0 Å². The number of hydrogen-bond donors (Lipinski definition) is 1. The molecule has 0 aliphatic rings. The molecule has 1 heterocycles. The molecule has 0 unspecified atom stereocenters. The number of para-hydroxylation sites is 1. The Kier molecular flexibility index (Phi) is 3.52. The van der Waals surface area contributed by atoms with E-state index in [1.165, 1.54) is 4.88 Å². The summed E-state index contributed by atoms with van der Waals surface area (Å²) in [4.78, 5) is 5.99. The van der Waals surface area contributed by atoms with Gasteiger partial charge in [-0.2, -0.15) is 0 Å². The quantitative estimate of drug-likeness (QED) is 0.752. The van der Waals surface area contributed by atoms with Crippen molar-refractivity contribution in [1.82, 2.24) is 4.98 Å². The van der Waals surface area contributed by atoms with Crippen molar-refractivity contribution in [3.8, 4) is 27.6 Å². The maximum atomic E-state index is 9.97. The maximum absolute atomic E-state index is 9.97. The lowest BCUT2D eigenvalue weighted by Crippen LogP contribution is -1.83. The molecule has 3 heteroatoms. The standard InChI is InChI=1S/C17H15NOS/c1-2-15-16(12-8-4-3-5-9-12)18-17(20-15)13-10-6-7-11-14(13)19/h3-11,19H,2H2,1H3. The van der Waals surface area contributed by atoms with Crippen LogP contribution in [-0.4, -0.2) is 10.1 Å². The fraction of sp³-hybridized carbons (Fsp3) is 0.118. The zero-order valence-corrected chi connectivity index (χ0v) is 12.0. The molecule has 0 saturated carbocycles. The van der Waals surface area contributed by atoms with Gasteiger partial charge in [-0.3, -0.25) is 0 Å². The number of aromatic hydroxyl groups is 1. The summed E-state index contributed by atoms with van der Waals surface area (Å²) in [6.45, 7) is 2.13. The average molecular weight is 281 g/mol. The molecule has 0 bridgehead atoms. The van der Waals surface area contributed by atoms with Crippen LogP contribution in [0.4, 0.5) is 0 Å². The second kappa shape index (κ2) is 5.47. The Morgan fingerprint density at radius 1 is 1.00 bits per heavy atom. The number of benzene rings is 2. The molecule has 0 saturated heterocycles. The lowest BCUT2D eigenvalue weighted by Gasteiger charge is -1.99. The third-order valence-corrected chi connectivity index (χ3v) is 4.43. The molecule has 0 amide bonds. The van der Waals surface area contributed by atoms with E-state index in [0.29, 0.717) is 0 Å². The molecule has 1 N–H and O–H groups in total. The number of aryl methyl sites for hydroxylation is 1. The molecule has 3 rings (SSSR count). The molecule has 0 aliphatic carbocycles. The second-order valence-electron chi connectivity index (χ2n) is 4.53. The second-order valence-corrected chi connectivity index (χ2v) is 5.61. The van der Waals surface area contributed by atoms with E-state index in [4.69, 9.17) is 4.98 Å². The van der Waals surface area contributed by atoms with Gasteiger partial charge in [0.25, 0.3) is 0 Å². The van der Waals surface area contributed by atoms with Gasteiger partial charge in [0.1, 0.15) is 10.8 Å². The van der Waals surface area contributed by atoms with Crippen LogP contribution in [0.25, 0.3) is 21.8 Å². The molecule has 0 spiro atoms. The van der Waals surface area contributed by atoms with Gasteiger partial charge >= 0.3 is 0 Å². The average Bonchev–Trinajstić information content (AvgIpc) is 2.92. The van der Waals surface area contributed by atoms with Crippen LogP contribution in [0.2, 0.25) is 0 Å². The van der Waals surface area contributed by atoms with Crippen LogP contribution in [0.5, 0.6) is 5.75 Å². The molecule has 100 valence electrons. The van der Waals surface area contributed by atoms with Crippen LogP contribution in [0, 0.1) is 0 Å². The number of hydrogen-bond acceptors (Lipinski definition) is 3. The fourth-order valence-electron chi connectivity index (χ4n) is 2.18. The van der Waals surface area contributed by atoms with Crippen molar-refractivity contribution in [3.05, 3.63) is 59.5 Å². The van der Waals surface area contributed by atoms with Crippen molar-refractivity contribution < 1.29 is 5.11 Å². The summed E-state index contributed by atoms with van der Waals surface area (Å²) < 4.78 is 0. The molecule has 2 nitrogen and oxygen atoms in total. The van der Waals surface area contributed by atoms with Crippen LogP contribution in [0.3, 0.4) is 0 Å². The predicted molar refractivity (Wildman–Crippen MR) is 84.0 cm³/mol. The van der Waals surface area contributed by atoms with Crippen molar-refractivity contribution in [3.63, 3.8) is 0 Å². The monoisotopic (exact) mass is 281 g/mol. The summed E-state index contributed by atoms with van der Waals surface area (Å²) in [6.07, 6.45) is 0.940. The highest BCUT2D eigenvalue weighted by atomic mass is 32.1. The molecular formula is C17H15NOS. The number of nitrogens with zero attached hydrogens (tertiary/aromatic N) is 1. The molecule has 0 radical (unpaired) electrons. The normalized spacial score (nSPS) is 10.7. The van der Waals surface area contributed by atoms with Crippen molar-refractivity contribution in [2.24, 2.45) is 0 Å². The Morgan fingerprint density at radius 3 is 2.40 bits per heavy atom. The van der Waals surface area contributed by atoms with Gasteiger partial charge in [0.05, 0.1) is 11.3 Å². The number of aromatic nitrogens is 1. The van der Waals surface area contributed by atoms with Crippen LogP contribution in [0.1, 0.15) is 11.8 Å². The van der Waals surface area contributed by atoms with Gasteiger partial charge in [-0.05, 0) is 18.6 Å². The summed E-state index contributed by atoms with van der Waals surface area (Å²) in [6, 6.07) is 17.5. The largest absolute Gasteiger partial charge is 0.507 e. The summed E-state index contributed by atoms with van der Waals surface area (Å²) in [7, 11) is 0. The zero-order chi connectivity index (χ0) is 13.9. The molecule has 0 fully saturated rings. The topological polar surface area (TPSA) is 33.1 Å². The van der Waals surface area contributed by atoms with Gasteiger partial charge in [-0.25, -0.2) is 4.98 Å². The lowest BCUT2D eigenvalue weighted by atomic mass is 10.1. The molecule has 3 aromatic rings. The minimum atomic E-state index is 0.281. The van der Waals surface area contributed by atoms with Crippen LogP contribution in [-0.2, 0) is 6.42 Å². The smallest absolute Gasteiger partial charge is 0.128 e. The minimum Gasteiger partial charge on any atom is -0.507 e. The first-order chi connectivity index (χ1) is 9.79. The minimum absolute atomic E-state index is 0.281. The van der Waals surface area contributed by atoms with Gasteiger partial charge in [-0.1, -0.05) is 49.4 Å². The highest BCUT2D eigenvalue weighted by Crippen LogP contribution is 2.37. The highest BCUT2D eigenvalue weighted by molar-refractivity contribution is 7.15. The summed E-state index contributed by atoms with van der Waals surface area (Å²) in [5, 5.41) is 10.8. The van der Waals surface area contributed by atoms with Gasteiger partial charge in [0, 0.05) is 10.4 Å². The molecule has 2 aromatic carbocycles. The number of phenolic OH excluding ortho intramolecular Hbond substituents is 1. The van der Waals surface area contributed by atoms with E-state index in [-0.39, 0.29) is 5.75 Å². The summed E-state index contributed by atoms with van der Waals surface area (Å²) in [5.41, 5.74) is 2.95. The first-order valence-corrected chi connectivity index (χ1v) is 7.44. The Morgan fingerprint density at radius 2 is 1.70 bits per heavy atom. The molecule has 20 heavy (non-hydrogen) atoms. The number of thiazole rings is 1. The highest BCUT2D eigenvalue weighted by Gasteiger charge is 2.14. The maximum Gasteiger partial charge on any atom is 0.128 e. The third kappa shape index (κ3) is 2.32. The van der Waals surface area contributed by atoms with E-state index in [1.54, 1.807) is 17.4 Å². The van der Waals surface area contributed by atoms with Gasteiger partial charge in [0.15, 0.2) is 0 Å². The Labute approximate surface area is 122 Å². The van der Waals surface area contributed by atoms with Gasteiger partial charge in [0.2, 0.25) is 0 Å². The van der Waals surface area contributed by atoms with Gasteiger partial charge in [-0.15, -0.1) is 11.3 Å². The molecule has 0 aliphatic heterocycles. The fourth-order valence-corrected chi connectivity index (χ4v) is 3.24. The number of rotatable bonds is 3. The SMILES string of the molecule is CCc1sc(-c2ccccc2O)nc1-c1ccccc1. The molecule has 0 atom stereocenters. The van der Waals surface area contributed by atoms with Crippen molar-refractivity contribution in [2.75, 3.05) is 0 Å². The Hall–Kier alpha value is -2.13. The van der Waals surface area contributed by atoms with E-state index in [1.807, 2.05) is 36.4 Å². The van der Waals surface area contributed by atoms with Crippen LogP contribution >= 0.6 is 11.3 Å². The summed E-state index contributed by atoms with van der Waals surface area (Å²) >= 11 is 1.65. The molecular weight excluding hydrogens is 266 g/mol. The van der Waals surface area contributed by atoms with E-state index in [2.05, 4.69) is 19.1 Å². The van der Waals surface area contributed by atoms with E-state index >= 15 is 0 Å². The summed E-state index contributed by atoms with van der Waals surface area (Å²) in [5.74, 6) is 0.281. The van der Waals surface area contributed by atoms with Crippen LogP contribution in [0.15, 0.2) is 54.6 Å². The van der Waals surface area contributed by atoms with Crippen molar-refractivity contribution in [1.29, 1.82) is 0 Å². The van der Waals surface area contributed by atoms with Crippen LogP contribution < -0.4 is 0 Å². The first-order valence-electron chi connectivity index (χ1n) is 6.63.